The minimum atomic E-state index is 0.112. The first-order valence-electron chi connectivity index (χ1n) is 2.26. The average molecular weight is 120 g/mol. The monoisotopic (exact) mass is 119 g/mol. The first-order valence-corrected chi connectivity index (χ1v) is 2.70. The number of alkyl halides is 1. The van der Waals surface area contributed by atoms with Crippen molar-refractivity contribution in [2.75, 3.05) is 0 Å². The summed E-state index contributed by atoms with van der Waals surface area (Å²) in [5, 5.41) is 0.112. The van der Waals surface area contributed by atoms with Crippen LogP contribution < -0.4 is 0 Å². The fourth-order valence-electron chi connectivity index (χ4n) is 0.258. The van der Waals surface area contributed by atoms with Crippen molar-refractivity contribution in [3.05, 3.63) is 0 Å². The molecule has 0 aliphatic heterocycles. The molecule has 0 amide bonds. The molecular weight excluding hydrogens is 112 g/mol. The van der Waals surface area contributed by atoms with Gasteiger partial charge in [-0.05, 0) is 13.3 Å². The predicted molar refractivity (Wildman–Crippen MR) is 30.2 cm³/mol. The van der Waals surface area contributed by atoms with Crippen LogP contribution in [-0.4, -0.2) is 11.7 Å². The lowest BCUT2D eigenvalue weighted by molar-refractivity contribution is 0.548. The van der Waals surface area contributed by atoms with Crippen LogP contribution in [0.2, 0.25) is 0 Å². The van der Waals surface area contributed by atoms with Crippen molar-refractivity contribution < 1.29 is 4.79 Å². The van der Waals surface area contributed by atoms with E-state index in [4.69, 9.17) is 11.6 Å². The van der Waals surface area contributed by atoms with Gasteiger partial charge in [0.15, 0.2) is 6.29 Å². The molecule has 7 heavy (non-hydrogen) atoms. The summed E-state index contributed by atoms with van der Waals surface area (Å²) < 4.78 is 0. The minimum absolute atomic E-state index is 0.112. The number of halogens is 1. The molecule has 2 heteroatoms. The number of hydrogen-bond acceptors (Lipinski definition) is 1. The Morgan fingerprint density at radius 3 is 2.57 bits per heavy atom. The van der Waals surface area contributed by atoms with Gasteiger partial charge >= 0.3 is 0 Å². The highest BCUT2D eigenvalue weighted by Crippen LogP contribution is 2.00. The van der Waals surface area contributed by atoms with E-state index in [-0.39, 0.29) is 5.38 Å². The number of carbonyl (C=O) groups excluding carboxylic acids is 1. The van der Waals surface area contributed by atoms with E-state index in [2.05, 4.69) is 0 Å². The van der Waals surface area contributed by atoms with Crippen molar-refractivity contribution >= 4 is 17.9 Å². The van der Waals surface area contributed by atoms with Gasteiger partial charge in [-0.25, -0.2) is 0 Å². The Kier molecular flexibility index (Phi) is 4.10. The Hall–Kier alpha value is -0.0400. The summed E-state index contributed by atoms with van der Waals surface area (Å²) in [6.07, 6.45) is 2.97. The Labute approximate surface area is 48.7 Å². The molecule has 1 unspecified atom stereocenters. The topological polar surface area (TPSA) is 17.1 Å². The Morgan fingerprint density at radius 1 is 1.86 bits per heavy atom. The SMILES string of the molecule is CC(Cl)CC[C]=O. The van der Waals surface area contributed by atoms with E-state index < -0.39 is 0 Å². The van der Waals surface area contributed by atoms with Crippen molar-refractivity contribution in [3.8, 4) is 0 Å². The Bertz CT molecular complexity index is 52.0. The van der Waals surface area contributed by atoms with Crippen LogP contribution in [-0.2, 0) is 4.79 Å². The fraction of sp³-hybridized carbons (Fsp3) is 0.800. The number of rotatable bonds is 3. The van der Waals surface area contributed by atoms with Gasteiger partial charge in [0.05, 0.1) is 0 Å². The molecule has 0 aromatic carbocycles. The zero-order chi connectivity index (χ0) is 5.70. The molecule has 0 fully saturated rings. The molecule has 0 saturated heterocycles. The summed E-state index contributed by atoms with van der Waals surface area (Å²) >= 11 is 5.48. The standard InChI is InChI=1S/C5H8ClO/c1-5(6)3-2-4-7/h5H,2-3H2,1H3. The maximum absolute atomic E-state index is 9.53. The van der Waals surface area contributed by atoms with Gasteiger partial charge in [-0.1, -0.05) is 0 Å². The zero-order valence-corrected chi connectivity index (χ0v) is 5.03. The van der Waals surface area contributed by atoms with Gasteiger partial charge in [0, 0.05) is 11.8 Å². The normalized spacial score (nSPS) is 13.4. The van der Waals surface area contributed by atoms with Gasteiger partial charge in [-0.2, -0.15) is 0 Å². The van der Waals surface area contributed by atoms with E-state index in [1.54, 1.807) is 6.29 Å². The molecule has 0 rings (SSSR count). The van der Waals surface area contributed by atoms with Gasteiger partial charge in [-0.15, -0.1) is 11.6 Å². The van der Waals surface area contributed by atoms with Gasteiger partial charge in [-0.3, -0.25) is 4.79 Å². The molecule has 0 aromatic rings. The van der Waals surface area contributed by atoms with E-state index in [0.29, 0.717) is 6.42 Å². The third-order valence-corrected chi connectivity index (χ3v) is 0.862. The maximum atomic E-state index is 9.53. The average Bonchev–Trinajstić information content (AvgIpc) is 1.61. The van der Waals surface area contributed by atoms with Gasteiger partial charge < -0.3 is 0 Å². The Balaban J connectivity index is 2.81. The van der Waals surface area contributed by atoms with E-state index in [9.17, 15) is 4.79 Å². The molecule has 0 bridgehead atoms. The van der Waals surface area contributed by atoms with Crippen molar-refractivity contribution in [2.24, 2.45) is 0 Å². The second-order valence-corrected chi connectivity index (χ2v) is 2.21. The molecule has 0 heterocycles. The van der Waals surface area contributed by atoms with E-state index in [0.717, 1.165) is 6.42 Å². The van der Waals surface area contributed by atoms with Crippen LogP contribution in [0.1, 0.15) is 19.8 Å². The number of hydrogen-bond donors (Lipinski definition) is 0. The van der Waals surface area contributed by atoms with E-state index in [1.165, 1.54) is 0 Å². The van der Waals surface area contributed by atoms with Crippen molar-refractivity contribution in [1.82, 2.24) is 0 Å². The van der Waals surface area contributed by atoms with Crippen molar-refractivity contribution in [3.63, 3.8) is 0 Å². The molecule has 1 nitrogen and oxygen atoms in total. The predicted octanol–water partition coefficient (Wildman–Crippen LogP) is 1.50. The molecule has 1 radical (unpaired) electrons. The second-order valence-electron chi connectivity index (χ2n) is 1.46. The molecule has 0 N–H and O–H groups in total. The lowest BCUT2D eigenvalue weighted by Crippen LogP contribution is -1.89. The van der Waals surface area contributed by atoms with Crippen LogP contribution in [0, 0.1) is 0 Å². The molecule has 0 spiro atoms. The van der Waals surface area contributed by atoms with Crippen LogP contribution in [0.5, 0.6) is 0 Å². The molecule has 41 valence electrons. The zero-order valence-electron chi connectivity index (χ0n) is 4.28. The largest absolute Gasteiger partial charge is 0.291 e. The summed E-state index contributed by atoms with van der Waals surface area (Å²) in [5.41, 5.74) is 0. The highest BCUT2D eigenvalue weighted by atomic mass is 35.5. The smallest absolute Gasteiger partial charge is 0.198 e. The van der Waals surface area contributed by atoms with Crippen LogP contribution in [0.4, 0.5) is 0 Å². The molecule has 0 aliphatic carbocycles. The molecule has 0 saturated carbocycles. The van der Waals surface area contributed by atoms with Gasteiger partial charge in [0.1, 0.15) is 0 Å². The second kappa shape index (κ2) is 4.13. The van der Waals surface area contributed by atoms with E-state index in [1.807, 2.05) is 6.92 Å². The van der Waals surface area contributed by atoms with Gasteiger partial charge in [0.2, 0.25) is 0 Å². The lowest BCUT2D eigenvalue weighted by Gasteiger charge is -1.92. The fourth-order valence-corrected chi connectivity index (χ4v) is 0.367. The van der Waals surface area contributed by atoms with Crippen molar-refractivity contribution in [1.29, 1.82) is 0 Å². The summed E-state index contributed by atoms with van der Waals surface area (Å²) in [6, 6.07) is 0. The highest BCUT2D eigenvalue weighted by Gasteiger charge is 1.92. The highest BCUT2D eigenvalue weighted by molar-refractivity contribution is 6.20. The minimum Gasteiger partial charge on any atom is -0.291 e. The maximum Gasteiger partial charge on any atom is 0.198 e. The van der Waals surface area contributed by atoms with Crippen LogP contribution in [0.3, 0.4) is 0 Å². The van der Waals surface area contributed by atoms with E-state index >= 15 is 0 Å². The van der Waals surface area contributed by atoms with Crippen LogP contribution >= 0.6 is 11.6 Å². The quantitative estimate of drug-likeness (QED) is 0.515. The molecule has 0 aromatic heterocycles. The summed E-state index contributed by atoms with van der Waals surface area (Å²) in [4.78, 5) is 9.53. The summed E-state index contributed by atoms with van der Waals surface area (Å²) in [5.74, 6) is 0. The van der Waals surface area contributed by atoms with Crippen molar-refractivity contribution in [2.45, 2.75) is 25.1 Å². The van der Waals surface area contributed by atoms with Gasteiger partial charge in [0.25, 0.3) is 0 Å². The summed E-state index contributed by atoms with van der Waals surface area (Å²) in [7, 11) is 0. The first-order chi connectivity index (χ1) is 3.27. The molecule has 1 atom stereocenters. The summed E-state index contributed by atoms with van der Waals surface area (Å²) in [6.45, 7) is 1.86. The lowest BCUT2D eigenvalue weighted by atomic mass is 10.3. The molecular formula is C5H8ClO. The third-order valence-electron chi connectivity index (χ3n) is 0.644. The molecule has 0 aliphatic rings. The van der Waals surface area contributed by atoms with Crippen LogP contribution in [0.15, 0.2) is 0 Å². The van der Waals surface area contributed by atoms with Crippen LogP contribution in [0.25, 0.3) is 0 Å². The first kappa shape index (κ1) is 6.96. The Morgan fingerprint density at radius 2 is 2.43 bits per heavy atom. The third kappa shape index (κ3) is 5.96.